The molecular weight excluding hydrogens is 274 g/mol. The van der Waals surface area contributed by atoms with Crippen LogP contribution in [0.25, 0.3) is 0 Å². The lowest BCUT2D eigenvalue weighted by atomic mass is 9.92. The molecule has 4 nitrogen and oxygen atoms in total. The molecule has 1 atom stereocenters. The number of halogens is 1. The van der Waals surface area contributed by atoms with Gasteiger partial charge in [0.1, 0.15) is 5.15 Å². The average molecular weight is 302 g/mol. The Hall–Kier alpha value is -0.580. The number of nitrogens with one attached hydrogen (secondary N) is 1. The first kappa shape index (κ1) is 17.5. The number of hydrogen-bond acceptors (Lipinski definition) is 3. The molecule has 0 aliphatic rings. The normalized spacial score (nSPS) is 14.8. The van der Waals surface area contributed by atoms with Crippen molar-refractivity contribution >= 4 is 11.6 Å². The summed E-state index contributed by atoms with van der Waals surface area (Å²) in [5.74, 6) is 0.207. The van der Waals surface area contributed by atoms with Gasteiger partial charge in [0.2, 0.25) is 0 Å². The van der Waals surface area contributed by atoms with Crippen molar-refractivity contribution in [1.82, 2.24) is 15.1 Å². The number of aryl methyl sites for hydroxylation is 2. The SMILES string of the molecule is CCCCn1nc(C)c(CNCC(C)(O)C(C)C)c1Cl. The Morgan fingerprint density at radius 2 is 2.10 bits per heavy atom. The van der Waals surface area contributed by atoms with Gasteiger partial charge in [-0.05, 0) is 26.2 Å². The predicted octanol–water partition coefficient (Wildman–Crippen LogP) is 3.14. The third kappa shape index (κ3) is 4.47. The first-order valence-electron chi connectivity index (χ1n) is 7.44. The fraction of sp³-hybridized carbons (Fsp3) is 0.800. The summed E-state index contributed by atoms with van der Waals surface area (Å²) in [6, 6.07) is 0. The van der Waals surface area contributed by atoms with Gasteiger partial charge in [-0.2, -0.15) is 5.10 Å². The summed E-state index contributed by atoms with van der Waals surface area (Å²) < 4.78 is 1.87. The Morgan fingerprint density at radius 1 is 1.45 bits per heavy atom. The fourth-order valence-corrected chi connectivity index (χ4v) is 2.22. The molecule has 1 heterocycles. The van der Waals surface area contributed by atoms with E-state index in [1.165, 1.54) is 0 Å². The lowest BCUT2D eigenvalue weighted by Crippen LogP contribution is -2.42. The highest BCUT2D eigenvalue weighted by Crippen LogP contribution is 2.21. The van der Waals surface area contributed by atoms with Crippen molar-refractivity contribution in [2.24, 2.45) is 5.92 Å². The van der Waals surface area contributed by atoms with E-state index in [4.69, 9.17) is 11.6 Å². The van der Waals surface area contributed by atoms with Gasteiger partial charge in [-0.3, -0.25) is 4.68 Å². The number of rotatable bonds is 8. The molecule has 1 rings (SSSR count). The van der Waals surface area contributed by atoms with E-state index in [-0.39, 0.29) is 5.92 Å². The van der Waals surface area contributed by atoms with Gasteiger partial charge in [-0.15, -0.1) is 0 Å². The maximum Gasteiger partial charge on any atom is 0.131 e. The zero-order chi connectivity index (χ0) is 15.3. The zero-order valence-electron chi connectivity index (χ0n) is 13.3. The molecule has 2 N–H and O–H groups in total. The monoisotopic (exact) mass is 301 g/mol. The van der Waals surface area contributed by atoms with E-state index in [2.05, 4.69) is 17.3 Å². The Labute approximate surface area is 127 Å². The van der Waals surface area contributed by atoms with Gasteiger partial charge >= 0.3 is 0 Å². The maximum absolute atomic E-state index is 10.2. The third-order valence-electron chi connectivity index (χ3n) is 3.94. The maximum atomic E-state index is 10.2. The summed E-state index contributed by atoms with van der Waals surface area (Å²) in [6.45, 7) is 12.1. The van der Waals surface area contributed by atoms with Gasteiger partial charge < -0.3 is 10.4 Å². The highest BCUT2D eigenvalue weighted by molar-refractivity contribution is 6.30. The minimum absolute atomic E-state index is 0.207. The van der Waals surface area contributed by atoms with Crippen LogP contribution >= 0.6 is 11.6 Å². The molecule has 1 aromatic rings. The van der Waals surface area contributed by atoms with Gasteiger partial charge in [-0.1, -0.05) is 38.8 Å². The van der Waals surface area contributed by atoms with Gasteiger partial charge in [0, 0.05) is 25.2 Å². The first-order chi connectivity index (χ1) is 9.29. The van der Waals surface area contributed by atoms with Crippen LogP contribution in [0.4, 0.5) is 0 Å². The van der Waals surface area contributed by atoms with Crippen LogP contribution in [-0.2, 0) is 13.1 Å². The van der Waals surface area contributed by atoms with Crippen molar-refractivity contribution in [2.45, 2.75) is 66.2 Å². The molecule has 1 aromatic heterocycles. The van der Waals surface area contributed by atoms with Crippen LogP contribution in [0.1, 0.15) is 51.8 Å². The fourth-order valence-electron chi connectivity index (χ4n) is 1.89. The van der Waals surface area contributed by atoms with Crippen molar-refractivity contribution in [2.75, 3.05) is 6.54 Å². The molecule has 0 fully saturated rings. The van der Waals surface area contributed by atoms with Crippen molar-refractivity contribution < 1.29 is 5.11 Å². The lowest BCUT2D eigenvalue weighted by Gasteiger charge is -2.28. The molecule has 0 spiro atoms. The average Bonchev–Trinajstić information content (AvgIpc) is 2.63. The van der Waals surface area contributed by atoms with Crippen LogP contribution in [-0.4, -0.2) is 27.0 Å². The molecule has 0 saturated carbocycles. The molecule has 0 saturated heterocycles. The quantitative estimate of drug-likeness (QED) is 0.775. The van der Waals surface area contributed by atoms with E-state index in [9.17, 15) is 5.11 Å². The third-order valence-corrected chi connectivity index (χ3v) is 4.36. The second-order valence-electron chi connectivity index (χ2n) is 6.05. The number of hydrogen-bond donors (Lipinski definition) is 2. The van der Waals surface area contributed by atoms with Crippen molar-refractivity contribution in [1.29, 1.82) is 0 Å². The molecule has 20 heavy (non-hydrogen) atoms. The van der Waals surface area contributed by atoms with Crippen LogP contribution in [0.15, 0.2) is 0 Å². The molecule has 0 radical (unpaired) electrons. The minimum Gasteiger partial charge on any atom is -0.389 e. The van der Waals surface area contributed by atoms with Gasteiger partial charge in [0.15, 0.2) is 0 Å². The number of aromatic nitrogens is 2. The Balaban J connectivity index is 2.62. The number of nitrogens with zero attached hydrogens (tertiary/aromatic N) is 2. The minimum atomic E-state index is -0.710. The zero-order valence-corrected chi connectivity index (χ0v) is 14.1. The van der Waals surface area contributed by atoms with Crippen LogP contribution in [0, 0.1) is 12.8 Å². The van der Waals surface area contributed by atoms with Crippen LogP contribution in [0.3, 0.4) is 0 Å². The van der Waals surface area contributed by atoms with E-state index in [1.807, 2.05) is 32.4 Å². The molecule has 1 unspecified atom stereocenters. The van der Waals surface area contributed by atoms with E-state index in [1.54, 1.807) is 0 Å². The van der Waals surface area contributed by atoms with Gasteiger partial charge in [0.25, 0.3) is 0 Å². The van der Waals surface area contributed by atoms with E-state index < -0.39 is 5.60 Å². The number of aliphatic hydroxyl groups is 1. The first-order valence-corrected chi connectivity index (χ1v) is 7.82. The topological polar surface area (TPSA) is 50.1 Å². The van der Waals surface area contributed by atoms with E-state index >= 15 is 0 Å². The van der Waals surface area contributed by atoms with Crippen molar-refractivity contribution in [3.05, 3.63) is 16.4 Å². The molecule has 0 aliphatic heterocycles. The van der Waals surface area contributed by atoms with Gasteiger partial charge in [0.05, 0.1) is 11.3 Å². The van der Waals surface area contributed by atoms with Crippen LogP contribution in [0.5, 0.6) is 0 Å². The summed E-state index contributed by atoms with van der Waals surface area (Å²) in [5.41, 5.74) is 1.28. The second kappa shape index (κ2) is 7.43. The van der Waals surface area contributed by atoms with Crippen molar-refractivity contribution in [3.63, 3.8) is 0 Å². The molecule has 0 amide bonds. The largest absolute Gasteiger partial charge is 0.389 e. The van der Waals surface area contributed by atoms with Crippen LogP contribution in [0.2, 0.25) is 5.15 Å². The molecule has 0 bridgehead atoms. The summed E-state index contributed by atoms with van der Waals surface area (Å²) >= 11 is 6.38. The van der Waals surface area contributed by atoms with E-state index in [0.29, 0.717) is 18.2 Å². The number of unbranched alkanes of at least 4 members (excludes halogenated alkanes) is 1. The lowest BCUT2D eigenvalue weighted by molar-refractivity contribution is 0.0140. The summed E-state index contributed by atoms with van der Waals surface area (Å²) in [6.07, 6.45) is 2.20. The van der Waals surface area contributed by atoms with Crippen molar-refractivity contribution in [3.8, 4) is 0 Å². The smallest absolute Gasteiger partial charge is 0.131 e. The molecule has 5 heteroatoms. The highest BCUT2D eigenvalue weighted by atomic mass is 35.5. The second-order valence-corrected chi connectivity index (χ2v) is 6.40. The Bertz CT molecular complexity index is 427. The summed E-state index contributed by atoms with van der Waals surface area (Å²) in [7, 11) is 0. The molecule has 0 aliphatic carbocycles. The Kier molecular flexibility index (Phi) is 6.49. The Morgan fingerprint density at radius 3 is 2.65 bits per heavy atom. The standard InChI is InChI=1S/C15H28ClN3O/c1-6-7-8-19-14(16)13(12(4)18-19)9-17-10-15(5,20)11(2)3/h11,17,20H,6-10H2,1-5H3. The van der Waals surface area contributed by atoms with Crippen LogP contribution < -0.4 is 5.32 Å². The highest BCUT2D eigenvalue weighted by Gasteiger charge is 2.24. The summed E-state index contributed by atoms with van der Waals surface area (Å²) in [4.78, 5) is 0. The van der Waals surface area contributed by atoms with E-state index in [0.717, 1.165) is 30.6 Å². The predicted molar refractivity (Wildman–Crippen MR) is 84.1 cm³/mol. The molecular formula is C15H28ClN3O. The molecule has 0 aromatic carbocycles. The summed E-state index contributed by atoms with van der Waals surface area (Å²) in [5, 5.41) is 18.7. The molecule has 116 valence electrons. The van der Waals surface area contributed by atoms with Gasteiger partial charge in [-0.25, -0.2) is 0 Å².